The highest BCUT2D eigenvalue weighted by molar-refractivity contribution is 5.97. The lowest BCUT2D eigenvalue weighted by atomic mass is 9.78. The summed E-state index contributed by atoms with van der Waals surface area (Å²) < 4.78 is 10.5. The Bertz CT molecular complexity index is 948. The summed E-state index contributed by atoms with van der Waals surface area (Å²) in [6, 6.07) is 11.3. The summed E-state index contributed by atoms with van der Waals surface area (Å²) in [7, 11) is 3.15. The number of likely N-dealkylation sites (tertiary alicyclic amines) is 2. The molecule has 2 aliphatic rings. The first-order valence-corrected chi connectivity index (χ1v) is 10.3. The van der Waals surface area contributed by atoms with Crippen LogP contribution in [0.5, 0.6) is 11.6 Å². The third-order valence-electron chi connectivity index (χ3n) is 6.17. The van der Waals surface area contributed by atoms with Crippen molar-refractivity contribution in [3.05, 3.63) is 53.7 Å². The molecule has 2 saturated heterocycles. The van der Waals surface area contributed by atoms with Gasteiger partial charge in [0.2, 0.25) is 11.8 Å². The summed E-state index contributed by atoms with van der Waals surface area (Å²) in [6.07, 6.45) is 4.04. The zero-order valence-corrected chi connectivity index (χ0v) is 17.5. The fourth-order valence-corrected chi connectivity index (χ4v) is 4.61. The van der Waals surface area contributed by atoms with Crippen molar-refractivity contribution < 1.29 is 19.1 Å². The van der Waals surface area contributed by atoms with Crippen molar-refractivity contribution in [2.75, 3.05) is 33.9 Å². The number of ether oxygens (including phenoxy) is 2. The predicted octanol–water partition coefficient (Wildman–Crippen LogP) is 2.75. The van der Waals surface area contributed by atoms with Crippen LogP contribution in [0.15, 0.2) is 42.6 Å². The van der Waals surface area contributed by atoms with E-state index in [1.54, 1.807) is 30.3 Å². The number of rotatable bonds is 5. The first-order valence-electron chi connectivity index (χ1n) is 10.3. The van der Waals surface area contributed by atoms with Crippen molar-refractivity contribution in [1.82, 2.24) is 14.8 Å². The van der Waals surface area contributed by atoms with E-state index < -0.39 is 5.41 Å². The van der Waals surface area contributed by atoms with Crippen LogP contribution >= 0.6 is 0 Å². The van der Waals surface area contributed by atoms with Crippen LogP contribution in [0.2, 0.25) is 0 Å². The molecule has 0 radical (unpaired) electrons. The number of carbonyl (C=O) groups excluding carboxylic acids is 2. The Labute approximate surface area is 176 Å². The molecule has 7 heteroatoms. The Morgan fingerprint density at radius 1 is 1.13 bits per heavy atom. The molecule has 0 saturated carbocycles. The molecular weight excluding hydrogens is 382 g/mol. The molecule has 158 valence electrons. The number of nitrogens with zero attached hydrogens (tertiary/aromatic N) is 3. The van der Waals surface area contributed by atoms with Crippen LogP contribution < -0.4 is 9.47 Å². The second kappa shape index (κ2) is 8.34. The van der Waals surface area contributed by atoms with Crippen molar-refractivity contribution in [1.29, 1.82) is 0 Å². The lowest BCUT2D eigenvalue weighted by Crippen LogP contribution is -2.50. The van der Waals surface area contributed by atoms with Crippen molar-refractivity contribution in [3.63, 3.8) is 0 Å². The number of hydrogen-bond acceptors (Lipinski definition) is 5. The van der Waals surface area contributed by atoms with E-state index in [0.717, 1.165) is 30.7 Å². The van der Waals surface area contributed by atoms with Gasteiger partial charge in [-0.05, 0) is 49.1 Å². The predicted molar refractivity (Wildman–Crippen MR) is 111 cm³/mol. The molecule has 0 N–H and O–H groups in total. The van der Waals surface area contributed by atoms with Crippen LogP contribution in [0.25, 0.3) is 0 Å². The number of amides is 2. The standard InChI is InChI=1S/C23H27N3O4/c1-29-18-7-3-6-17(14-18)15-25-12-5-9-23(22(25)28)10-13-26(16-23)21(27)19-8-4-11-24-20(19)30-2/h3-4,6-8,11,14H,5,9-10,12-13,15-16H2,1-2H3/t23-/m1/s1. The monoisotopic (exact) mass is 409 g/mol. The highest BCUT2D eigenvalue weighted by Gasteiger charge is 2.49. The molecule has 3 heterocycles. The molecule has 30 heavy (non-hydrogen) atoms. The van der Waals surface area contributed by atoms with Crippen molar-refractivity contribution >= 4 is 11.8 Å². The average Bonchev–Trinajstić information content (AvgIpc) is 3.21. The summed E-state index contributed by atoms with van der Waals surface area (Å²) in [5.41, 5.74) is 0.988. The van der Waals surface area contributed by atoms with Gasteiger partial charge in [0.15, 0.2) is 0 Å². The minimum absolute atomic E-state index is 0.130. The number of hydrogen-bond donors (Lipinski definition) is 0. The maximum atomic E-state index is 13.5. The van der Waals surface area contributed by atoms with E-state index in [9.17, 15) is 9.59 Å². The lowest BCUT2D eigenvalue weighted by molar-refractivity contribution is -0.146. The van der Waals surface area contributed by atoms with Crippen LogP contribution in [0.1, 0.15) is 35.2 Å². The van der Waals surface area contributed by atoms with Gasteiger partial charge in [0.05, 0.1) is 19.6 Å². The van der Waals surface area contributed by atoms with Crippen LogP contribution in [-0.4, -0.2) is 60.5 Å². The first kappa shape index (κ1) is 20.2. The molecule has 2 aromatic rings. The van der Waals surface area contributed by atoms with E-state index in [0.29, 0.717) is 37.5 Å². The molecule has 7 nitrogen and oxygen atoms in total. The number of benzene rings is 1. The third kappa shape index (κ3) is 3.72. The number of methoxy groups -OCH3 is 2. The molecule has 1 spiro atoms. The molecule has 1 aromatic carbocycles. The van der Waals surface area contributed by atoms with E-state index in [1.807, 2.05) is 29.2 Å². The largest absolute Gasteiger partial charge is 0.497 e. The normalized spacial score (nSPS) is 21.2. The van der Waals surface area contributed by atoms with Gasteiger partial charge in [-0.15, -0.1) is 0 Å². The van der Waals surface area contributed by atoms with E-state index in [1.165, 1.54) is 7.11 Å². The minimum Gasteiger partial charge on any atom is -0.497 e. The Balaban J connectivity index is 1.49. The maximum Gasteiger partial charge on any atom is 0.259 e. The Kier molecular flexibility index (Phi) is 5.61. The average molecular weight is 409 g/mol. The van der Waals surface area contributed by atoms with Gasteiger partial charge in [-0.1, -0.05) is 12.1 Å². The Morgan fingerprint density at radius 3 is 2.80 bits per heavy atom. The summed E-state index contributed by atoms with van der Waals surface area (Å²) in [4.78, 5) is 34.3. The summed E-state index contributed by atoms with van der Waals surface area (Å²) in [5, 5.41) is 0. The zero-order valence-electron chi connectivity index (χ0n) is 17.5. The fraction of sp³-hybridized carbons (Fsp3) is 0.435. The number of pyridine rings is 1. The van der Waals surface area contributed by atoms with Gasteiger partial charge in [0.25, 0.3) is 5.91 Å². The second-order valence-corrected chi connectivity index (χ2v) is 8.00. The van der Waals surface area contributed by atoms with E-state index in [2.05, 4.69) is 4.98 Å². The molecule has 0 unspecified atom stereocenters. The molecule has 1 atom stereocenters. The van der Waals surface area contributed by atoms with Gasteiger partial charge in [-0.3, -0.25) is 9.59 Å². The molecule has 0 bridgehead atoms. The van der Waals surface area contributed by atoms with Crippen LogP contribution in [0.4, 0.5) is 0 Å². The topological polar surface area (TPSA) is 72.0 Å². The third-order valence-corrected chi connectivity index (χ3v) is 6.17. The smallest absolute Gasteiger partial charge is 0.259 e. The second-order valence-electron chi connectivity index (χ2n) is 8.00. The van der Waals surface area contributed by atoms with Crippen LogP contribution in [0.3, 0.4) is 0 Å². The molecule has 2 amide bonds. The first-order chi connectivity index (χ1) is 14.6. The molecular formula is C23H27N3O4. The highest BCUT2D eigenvalue weighted by Crippen LogP contribution is 2.41. The molecule has 0 aliphatic carbocycles. The van der Waals surface area contributed by atoms with Gasteiger partial charge in [-0.2, -0.15) is 0 Å². The molecule has 4 rings (SSSR count). The summed E-state index contributed by atoms with van der Waals surface area (Å²) in [5.74, 6) is 1.12. The Hall–Kier alpha value is -3.09. The zero-order chi connectivity index (χ0) is 21.1. The van der Waals surface area contributed by atoms with Crippen LogP contribution in [0, 0.1) is 5.41 Å². The summed E-state index contributed by atoms with van der Waals surface area (Å²) in [6.45, 7) is 2.30. The summed E-state index contributed by atoms with van der Waals surface area (Å²) >= 11 is 0. The minimum atomic E-state index is -0.498. The SMILES string of the molecule is COc1cccc(CN2CCC[C@]3(CCN(C(=O)c4cccnc4OC)C3)C2=O)c1. The van der Waals surface area contributed by atoms with E-state index in [4.69, 9.17) is 9.47 Å². The van der Waals surface area contributed by atoms with Gasteiger partial charge in [-0.25, -0.2) is 4.98 Å². The van der Waals surface area contributed by atoms with Gasteiger partial charge in [0, 0.05) is 32.4 Å². The molecule has 2 aliphatic heterocycles. The van der Waals surface area contributed by atoms with Crippen molar-refractivity contribution in [3.8, 4) is 11.6 Å². The Morgan fingerprint density at radius 2 is 2.00 bits per heavy atom. The van der Waals surface area contributed by atoms with E-state index >= 15 is 0 Å². The highest BCUT2D eigenvalue weighted by atomic mass is 16.5. The molecule has 1 aromatic heterocycles. The van der Waals surface area contributed by atoms with Crippen molar-refractivity contribution in [2.45, 2.75) is 25.8 Å². The number of piperidine rings is 1. The molecule has 2 fully saturated rings. The lowest BCUT2D eigenvalue weighted by Gasteiger charge is -2.39. The van der Waals surface area contributed by atoms with Gasteiger partial charge in [0.1, 0.15) is 11.3 Å². The maximum absolute atomic E-state index is 13.5. The number of carbonyl (C=O) groups is 2. The van der Waals surface area contributed by atoms with E-state index in [-0.39, 0.29) is 11.8 Å². The quantitative estimate of drug-likeness (QED) is 0.759. The fourth-order valence-electron chi connectivity index (χ4n) is 4.61. The van der Waals surface area contributed by atoms with Gasteiger partial charge >= 0.3 is 0 Å². The number of aromatic nitrogens is 1. The van der Waals surface area contributed by atoms with Crippen LogP contribution in [-0.2, 0) is 11.3 Å². The van der Waals surface area contributed by atoms with Crippen molar-refractivity contribution in [2.24, 2.45) is 5.41 Å². The van der Waals surface area contributed by atoms with Gasteiger partial charge < -0.3 is 19.3 Å².